The second kappa shape index (κ2) is 7.46. The Kier molecular flexibility index (Phi) is 4.71. The maximum absolute atomic E-state index is 13.7. The third-order valence-electron chi connectivity index (χ3n) is 3.59. The predicted octanol–water partition coefficient (Wildman–Crippen LogP) is 5.41. The summed E-state index contributed by atoms with van der Waals surface area (Å²) in [5, 5.41) is 5.60. The molecule has 0 saturated carbocycles. The summed E-state index contributed by atoms with van der Waals surface area (Å²) in [5.41, 5.74) is 1.76. The molecule has 1 aromatic carbocycles. The van der Waals surface area contributed by atoms with Crippen LogP contribution in [0.5, 0.6) is 11.5 Å². The Morgan fingerprint density at radius 1 is 0.963 bits per heavy atom. The van der Waals surface area contributed by atoms with E-state index in [0.717, 1.165) is 23.4 Å². The van der Waals surface area contributed by atoms with Crippen LogP contribution in [0.25, 0.3) is 11.3 Å². The molecular formula is C19H12F2N4OS. The molecule has 0 radical (unpaired) electrons. The number of para-hydroxylation sites is 1. The smallest absolute Gasteiger partial charge is 0.198 e. The highest BCUT2D eigenvalue weighted by Crippen LogP contribution is 2.30. The second-order valence-corrected chi connectivity index (χ2v) is 6.29. The van der Waals surface area contributed by atoms with Crippen molar-refractivity contribution in [3.8, 4) is 22.8 Å². The molecule has 4 aromatic rings. The molecule has 8 heteroatoms. The second-order valence-electron chi connectivity index (χ2n) is 5.43. The van der Waals surface area contributed by atoms with Crippen LogP contribution in [0.15, 0.2) is 66.4 Å². The van der Waals surface area contributed by atoms with Gasteiger partial charge in [-0.05, 0) is 30.3 Å². The fourth-order valence-electron chi connectivity index (χ4n) is 2.34. The van der Waals surface area contributed by atoms with E-state index in [9.17, 15) is 8.78 Å². The first-order valence-electron chi connectivity index (χ1n) is 7.90. The van der Waals surface area contributed by atoms with E-state index in [2.05, 4.69) is 20.3 Å². The molecule has 0 amide bonds. The normalized spacial score (nSPS) is 10.6. The molecule has 3 aromatic heterocycles. The van der Waals surface area contributed by atoms with Crippen LogP contribution in [0.2, 0.25) is 0 Å². The Labute approximate surface area is 157 Å². The minimum Gasteiger partial charge on any atom is -0.451 e. The number of benzene rings is 1. The van der Waals surface area contributed by atoms with Crippen LogP contribution in [0, 0.1) is 11.6 Å². The molecule has 0 fully saturated rings. The summed E-state index contributed by atoms with van der Waals surface area (Å²) in [6, 6.07) is 10.3. The first-order valence-corrected chi connectivity index (χ1v) is 8.78. The highest BCUT2D eigenvalue weighted by atomic mass is 32.1. The van der Waals surface area contributed by atoms with Gasteiger partial charge in [-0.2, -0.15) is 0 Å². The third kappa shape index (κ3) is 3.90. The van der Waals surface area contributed by atoms with Crippen LogP contribution in [0.1, 0.15) is 0 Å². The topological polar surface area (TPSA) is 59.9 Å². The summed E-state index contributed by atoms with van der Waals surface area (Å²) in [6.45, 7) is 0. The number of anilines is 2. The summed E-state index contributed by atoms with van der Waals surface area (Å²) in [7, 11) is 0. The summed E-state index contributed by atoms with van der Waals surface area (Å²) < 4.78 is 32.8. The molecule has 3 heterocycles. The van der Waals surface area contributed by atoms with E-state index in [-0.39, 0.29) is 5.75 Å². The zero-order valence-corrected chi connectivity index (χ0v) is 14.6. The molecular weight excluding hydrogens is 370 g/mol. The van der Waals surface area contributed by atoms with Crippen molar-refractivity contribution in [3.63, 3.8) is 0 Å². The van der Waals surface area contributed by atoms with Gasteiger partial charge >= 0.3 is 0 Å². The van der Waals surface area contributed by atoms with Gasteiger partial charge in [-0.25, -0.2) is 18.7 Å². The van der Waals surface area contributed by atoms with E-state index >= 15 is 0 Å². The Balaban J connectivity index is 1.53. The minimum absolute atomic E-state index is 0.252. The van der Waals surface area contributed by atoms with Crippen LogP contribution in [0.4, 0.5) is 19.7 Å². The van der Waals surface area contributed by atoms with Gasteiger partial charge < -0.3 is 10.1 Å². The fourth-order valence-corrected chi connectivity index (χ4v) is 3.06. The lowest BCUT2D eigenvalue weighted by atomic mass is 10.2. The van der Waals surface area contributed by atoms with Gasteiger partial charge in [0, 0.05) is 35.6 Å². The molecule has 0 aliphatic heterocycles. The summed E-state index contributed by atoms with van der Waals surface area (Å²) in [5.74, 6) is -1.31. The van der Waals surface area contributed by atoms with Gasteiger partial charge in [-0.1, -0.05) is 6.07 Å². The number of aromatic nitrogens is 3. The molecule has 0 spiro atoms. The maximum atomic E-state index is 13.7. The van der Waals surface area contributed by atoms with Crippen molar-refractivity contribution >= 4 is 22.3 Å². The van der Waals surface area contributed by atoms with Crippen LogP contribution in [-0.4, -0.2) is 15.0 Å². The Morgan fingerprint density at radius 3 is 2.52 bits per heavy atom. The van der Waals surface area contributed by atoms with Gasteiger partial charge in [0.1, 0.15) is 11.6 Å². The van der Waals surface area contributed by atoms with Gasteiger partial charge in [-0.15, -0.1) is 11.3 Å². The average Bonchev–Trinajstić information content (AvgIpc) is 3.14. The van der Waals surface area contributed by atoms with Crippen molar-refractivity contribution in [2.45, 2.75) is 0 Å². The van der Waals surface area contributed by atoms with E-state index in [0.29, 0.717) is 10.9 Å². The van der Waals surface area contributed by atoms with Crippen LogP contribution < -0.4 is 10.1 Å². The fraction of sp³-hybridized carbons (Fsp3) is 0. The molecule has 27 heavy (non-hydrogen) atoms. The van der Waals surface area contributed by atoms with Gasteiger partial charge in [-0.3, -0.25) is 4.98 Å². The number of nitrogens with one attached hydrogen (secondary N) is 1. The first-order chi connectivity index (χ1) is 13.2. The lowest BCUT2D eigenvalue weighted by Crippen LogP contribution is -1.96. The van der Waals surface area contributed by atoms with Gasteiger partial charge in [0.05, 0.1) is 5.69 Å². The third-order valence-corrected chi connectivity index (χ3v) is 4.34. The van der Waals surface area contributed by atoms with Crippen LogP contribution in [-0.2, 0) is 0 Å². The van der Waals surface area contributed by atoms with Gasteiger partial charge in [0.2, 0.25) is 0 Å². The minimum atomic E-state index is -0.775. The van der Waals surface area contributed by atoms with Gasteiger partial charge in [0.25, 0.3) is 0 Å². The van der Waals surface area contributed by atoms with E-state index in [4.69, 9.17) is 4.74 Å². The van der Waals surface area contributed by atoms with Crippen molar-refractivity contribution in [1.29, 1.82) is 0 Å². The standard InChI is InChI=1S/C19H12F2N4OS/c20-14-2-1-3-15(21)18(14)26-13-6-9-23-17(10-13)25-19-24-16(11-27-19)12-4-7-22-8-5-12/h1-11H,(H,23,24,25). The van der Waals surface area contributed by atoms with Crippen molar-refractivity contribution < 1.29 is 13.5 Å². The predicted molar refractivity (Wildman–Crippen MR) is 99.3 cm³/mol. The van der Waals surface area contributed by atoms with Gasteiger partial charge in [0.15, 0.2) is 22.5 Å². The summed E-state index contributed by atoms with van der Waals surface area (Å²) in [4.78, 5) is 12.7. The monoisotopic (exact) mass is 382 g/mol. The summed E-state index contributed by atoms with van der Waals surface area (Å²) >= 11 is 1.41. The van der Waals surface area contributed by atoms with Crippen LogP contribution in [0.3, 0.4) is 0 Å². The molecule has 0 aliphatic carbocycles. The molecule has 134 valence electrons. The van der Waals surface area contributed by atoms with E-state index in [1.807, 2.05) is 17.5 Å². The SMILES string of the molecule is Fc1cccc(F)c1Oc1ccnc(Nc2nc(-c3ccncc3)cs2)c1. The molecule has 0 saturated heterocycles. The van der Waals surface area contributed by atoms with E-state index in [1.54, 1.807) is 18.5 Å². The molecule has 0 bridgehead atoms. The van der Waals surface area contributed by atoms with E-state index < -0.39 is 17.4 Å². The van der Waals surface area contributed by atoms with E-state index in [1.165, 1.54) is 29.7 Å². The number of hydrogen-bond acceptors (Lipinski definition) is 6. The molecule has 4 rings (SSSR count). The zero-order valence-electron chi connectivity index (χ0n) is 13.8. The quantitative estimate of drug-likeness (QED) is 0.500. The number of hydrogen-bond donors (Lipinski definition) is 1. The number of halogens is 2. The molecule has 0 unspecified atom stereocenters. The lowest BCUT2D eigenvalue weighted by Gasteiger charge is -2.09. The van der Waals surface area contributed by atoms with Crippen molar-refractivity contribution in [1.82, 2.24) is 15.0 Å². The van der Waals surface area contributed by atoms with Crippen molar-refractivity contribution in [3.05, 3.63) is 78.1 Å². The zero-order chi connectivity index (χ0) is 18.6. The van der Waals surface area contributed by atoms with Crippen molar-refractivity contribution in [2.75, 3.05) is 5.32 Å². The summed E-state index contributed by atoms with van der Waals surface area (Å²) in [6.07, 6.45) is 4.88. The number of thiazole rings is 1. The maximum Gasteiger partial charge on any atom is 0.198 e. The highest BCUT2D eigenvalue weighted by molar-refractivity contribution is 7.14. The molecule has 5 nitrogen and oxygen atoms in total. The number of ether oxygens (including phenoxy) is 1. The average molecular weight is 382 g/mol. The highest BCUT2D eigenvalue weighted by Gasteiger charge is 2.12. The molecule has 0 atom stereocenters. The lowest BCUT2D eigenvalue weighted by molar-refractivity contribution is 0.407. The Morgan fingerprint density at radius 2 is 1.74 bits per heavy atom. The largest absolute Gasteiger partial charge is 0.451 e. The first kappa shape index (κ1) is 17.0. The van der Waals surface area contributed by atoms with Crippen molar-refractivity contribution in [2.24, 2.45) is 0 Å². The molecule has 1 N–H and O–H groups in total. The number of rotatable bonds is 5. The molecule has 0 aliphatic rings. The number of nitrogens with zero attached hydrogens (tertiary/aromatic N) is 3. The Hall–Kier alpha value is -3.39. The van der Waals surface area contributed by atoms with Crippen LogP contribution >= 0.6 is 11.3 Å². The number of pyridine rings is 2. The Bertz CT molecular complexity index is 1050.